The van der Waals surface area contributed by atoms with Crippen molar-refractivity contribution in [3.63, 3.8) is 0 Å². The summed E-state index contributed by atoms with van der Waals surface area (Å²) in [5.74, 6) is 0.0703. The SMILES string of the molecule is CN(C(=O)c1ccccc1N1CCC(NC(=O)/C=C/c2ccccc2)CC1)C1CCCCC1. The number of hydrogen-bond donors (Lipinski definition) is 1. The minimum atomic E-state index is -0.0537. The first-order chi connectivity index (χ1) is 16.1. The van der Waals surface area contributed by atoms with E-state index in [0.717, 1.165) is 55.6 Å². The van der Waals surface area contributed by atoms with Crippen LogP contribution in [0.4, 0.5) is 5.69 Å². The van der Waals surface area contributed by atoms with Crippen molar-refractivity contribution in [3.8, 4) is 0 Å². The zero-order valence-electron chi connectivity index (χ0n) is 19.6. The second-order valence-corrected chi connectivity index (χ2v) is 9.24. The van der Waals surface area contributed by atoms with Gasteiger partial charge in [0.05, 0.1) is 5.56 Å². The molecule has 1 aliphatic carbocycles. The standard InChI is InChI=1S/C28H35N3O2/c1-30(24-12-6-3-7-13-24)28(33)25-14-8-9-15-26(25)31-20-18-23(19-21-31)29-27(32)17-16-22-10-4-2-5-11-22/h2,4-5,8-11,14-17,23-24H,3,6-7,12-13,18-21H2,1H3,(H,29,32)/b17-16+. The quantitative estimate of drug-likeness (QED) is 0.644. The Bertz CT molecular complexity index is 958. The Morgan fingerprint density at radius 1 is 0.909 bits per heavy atom. The molecular formula is C28H35N3O2. The maximum Gasteiger partial charge on any atom is 0.255 e. The maximum absolute atomic E-state index is 13.3. The van der Waals surface area contributed by atoms with Crippen molar-refractivity contribution in [2.75, 3.05) is 25.0 Å². The number of nitrogens with zero attached hydrogens (tertiary/aromatic N) is 2. The van der Waals surface area contributed by atoms with Gasteiger partial charge in [-0.1, -0.05) is 61.7 Å². The van der Waals surface area contributed by atoms with Gasteiger partial charge in [0.1, 0.15) is 0 Å². The van der Waals surface area contributed by atoms with Gasteiger partial charge in [-0.05, 0) is 49.5 Å². The molecule has 0 spiro atoms. The second kappa shape index (κ2) is 11.2. The van der Waals surface area contributed by atoms with Crippen molar-refractivity contribution in [1.29, 1.82) is 0 Å². The summed E-state index contributed by atoms with van der Waals surface area (Å²) in [6, 6.07) is 18.3. The lowest BCUT2D eigenvalue weighted by atomic mass is 9.94. The molecule has 1 saturated heterocycles. The van der Waals surface area contributed by atoms with E-state index in [-0.39, 0.29) is 17.9 Å². The molecule has 2 aliphatic rings. The third-order valence-corrected chi connectivity index (χ3v) is 6.99. The number of piperidine rings is 1. The number of carbonyl (C=O) groups excluding carboxylic acids is 2. The Morgan fingerprint density at radius 2 is 1.58 bits per heavy atom. The molecule has 1 heterocycles. The average Bonchev–Trinajstić information content (AvgIpc) is 2.88. The lowest BCUT2D eigenvalue weighted by Crippen LogP contribution is -2.45. The monoisotopic (exact) mass is 445 g/mol. The van der Waals surface area contributed by atoms with Crippen LogP contribution in [0.1, 0.15) is 60.9 Å². The van der Waals surface area contributed by atoms with Crippen LogP contribution in [0.5, 0.6) is 0 Å². The minimum Gasteiger partial charge on any atom is -0.371 e. The average molecular weight is 446 g/mol. The zero-order valence-corrected chi connectivity index (χ0v) is 19.6. The number of nitrogens with one attached hydrogen (secondary N) is 1. The second-order valence-electron chi connectivity index (χ2n) is 9.24. The van der Waals surface area contributed by atoms with Gasteiger partial charge in [-0.3, -0.25) is 9.59 Å². The molecule has 33 heavy (non-hydrogen) atoms. The summed E-state index contributed by atoms with van der Waals surface area (Å²) in [4.78, 5) is 29.9. The molecule has 0 aromatic heterocycles. The molecule has 2 fully saturated rings. The van der Waals surface area contributed by atoms with Gasteiger partial charge >= 0.3 is 0 Å². The van der Waals surface area contributed by atoms with Crippen molar-refractivity contribution < 1.29 is 9.59 Å². The third-order valence-electron chi connectivity index (χ3n) is 6.99. The van der Waals surface area contributed by atoms with Gasteiger partial charge in [0.25, 0.3) is 5.91 Å². The largest absolute Gasteiger partial charge is 0.371 e. The van der Waals surface area contributed by atoms with Gasteiger partial charge in [-0.15, -0.1) is 0 Å². The van der Waals surface area contributed by atoms with E-state index in [1.807, 2.05) is 66.6 Å². The summed E-state index contributed by atoms with van der Waals surface area (Å²) < 4.78 is 0. The molecular weight excluding hydrogens is 410 g/mol. The lowest BCUT2D eigenvalue weighted by molar-refractivity contribution is -0.117. The molecule has 5 nitrogen and oxygen atoms in total. The Kier molecular flexibility index (Phi) is 7.82. The summed E-state index contributed by atoms with van der Waals surface area (Å²) in [7, 11) is 1.96. The number of amides is 2. The van der Waals surface area contributed by atoms with Crippen LogP contribution in [0.15, 0.2) is 60.7 Å². The highest BCUT2D eigenvalue weighted by molar-refractivity contribution is 6.00. The number of anilines is 1. The molecule has 1 N–H and O–H groups in total. The lowest BCUT2D eigenvalue weighted by Gasteiger charge is -2.36. The van der Waals surface area contributed by atoms with E-state index in [0.29, 0.717) is 6.04 Å². The Morgan fingerprint density at radius 3 is 2.30 bits per heavy atom. The molecule has 1 saturated carbocycles. The Balaban J connectivity index is 1.34. The first-order valence-electron chi connectivity index (χ1n) is 12.3. The van der Waals surface area contributed by atoms with Crippen LogP contribution in [-0.4, -0.2) is 48.9 Å². The minimum absolute atomic E-state index is 0.0537. The smallest absolute Gasteiger partial charge is 0.255 e. The number of para-hydroxylation sites is 1. The number of carbonyl (C=O) groups is 2. The highest BCUT2D eigenvalue weighted by Crippen LogP contribution is 2.28. The summed E-state index contributed by atoms with van der Waals surface area (Å²) in [5.41, 5.74) is 2.82. The van der Waals surface area contributed by atoms with Crippen LogP contribution in [0.25, 0.3) is 6.08 Å². The number of benzene rings is 2. The van der Waals surface area contributed by atoms with Gasteiger partial charge in [-0.25, -0.2) is 0 Å². The maximum atomic E-state index is 13.3. The highest BCUT2D eigenvalue weighted by atomic mass is 16.2. The van der Waals surface area contributed by atoms with Crippen LogP contribution in [-0.2, 0) is 4.79 Å². The molecule has 0 radical (unpaired) electrons. The third kappa shape index (κ3) is 6.04. The summed E-state index contributed by atoms with van der Waals surface area (Å²) in [6.07, 6.45) is 11.1. The van der Waals surface area contributed by atoms with Crippen LogP contribution >= 0.6 is 0 Å². The Hall–Kier alpha value is -3.08. The number of rotatable bonds is 6. The van der Waals surface area contributed by atoms with Crippen molar-refractivity contribution in [2.24, 2.45) is 0 Å². The predicted molar refractivity (Wildman–Crippen MR) is 134 cm³/mol. The van der Waals surface area contributed by atoms with Crippen molar-refractivity contribution in [2.45, 2.75) is 57.0 Å². The van der Waals surface area contributed by atoms with Gasteiger partial charge in [0.2, 0.25) is 5.91 Å². The van der Waals surface area contributed by atoms with Crippen LogP contribution in [0, 0.1) is 0 Å². The van der Waals surface area contributed by atoms with E-state index >= 15 is 0 Å². The molecule has 1 aliphatic heterocycles. The van der Waals surface area contributed by atoms with Crippen molar-refractivity contribution in [3.05, 3.63) is 71.8 Å². The molecule has 0 bridgehead atoms. The van der Waals surface area contributed by atoms with Crippen LogP contribution in [0.2, 0.25) is 0 Å². The first-order valence-corrected chi connectivity index (χ1v) is 12.3. The zero-order chi connectivity index (χ0) is 23.0. The van der Waals surface area contributed by atoms with Gasteiger partial charge in [0, 0.05) is 44.0 Å². The summed E-state index contributed by atoms with van der Waals surface area (Å²) in [6.45, 7) is 1.65. The van der Waals surface area contributed by atoms with Crippen molar-refractivity contribution >= 4 is 23.6 Å². The van der Waals surface area contributed by atoms with E-state index in [9.17, 15) is 9.59 Å². The fourth-order valence-electron chi connectivity index (χ4n) is 5.00. The van der Waals surface area contributed by atoms with Gasteiger partial charge in [0.15, 0.2) is 0 Å². The molecule has 2 aromatic carbocycles. The van der Waals surface area contributed by atoms with Crippen LogP contribution < -0.4 is 10.2 Å². The normalized spacial score (nSPS) is 17.8. The molecule has 5 heteroatoms. The fraction of sp³-hybridized carbons (Fsp3) is 0.429. The van der Waals surface area contributed by atoms with Crippen LogP contribution in [0.3, 0.4) is 0 Å². The molecule has 0 unspecified atom stereocenters. The van der Waals surface area contributed by atoms with Gasteiger partial charge < -0.3 is 15.1 Å². The highest BCUT2D eigenvalue weighted by Gasteiger charge is 2.27. The molecule has 2 amide bonds. The fourth-order valence-corrected chi connectivity index (χ4v) is 5.00. The summed E-state index contributed by atoms with van der Waals surface area (Å²) >= 11 is 0. The van der Waals surface area contributed by atoms with Crippen molar-refractivity contribution in [1.82, 2.24) is 10.2 Å². The molecule has 4 rings (SSSR count). The van der Waals surface area contributed by atoms with E-state index in [2.05, 4.69) is 16.3 Å². The Labute approximate surface area is 197 Å². The molecule has 2 aromatic rings. The molecule has 174 valence electrons. The van der Waals surface area contributed by atoms with E-state index < -0.39 is 0 Å². The predicted octanol–water partition coefficient (Wildman–Crippen LogP) is 4.89. The first kappa shape index (κ1) is 23.1. The van der Waals surface area contributed by atoms with Gasteiger partial charge in [-0.2, -0.15) is 0 Å². The van der Waals surface area contributed by atoms with E-state index in [1.165, 1.54) is 19.3 Å². The topological polar surface area (TPSA) is 52.7 Å². The summed E-state index contributed by atoms with van der Waals surface area (Å²) in [5, 5.41) is 3.13. The number of hydrogen-bond acceptors (Lipinski definition) is 3. The van der Waals surface area contributed by atoms with E-state index in [4.69, 9.17) is 0 Å². The molecule has 0 atom stereocenters. The van der Waals surface area contributed by atoms with E-state index in [1.54, 1.807) is 6.08 Å².